The maximum atomic E-state index is 12.2. The molecule has 1 saturated heterocycles. The molecule has 1 unspecified atom stereocenters. The van der Waals surface area contributed by atoms with Gasteiger partial charge in [-0.3, -0.25) is 4.79 Å². The molecule has 2 N–H and O–H groups in total. The summed E-state index contributed by atoms with van der Waals surface area (Å²) in [6.45, 7) is 3.95. The van der Waals surface area contributed by atoms with E-state index in [1.807, 2.05) is 4.90 Å². The highest BCUT2D eigenvalue weighted by Gasteiger charge is 2.51. The molecule has 0 aromatic heterocycles. The maximum Gasteiger partial charge on any atom is 0.240 e. The Bertz CT molecular complexity index is 264. The van der Waals surface area contributed by atoms with E-state index in [1.165, 1.54) is 0 Å². The van der Waals surface area contributed by atoms with Gasteiger partial charge >= 0.3 is 0 Å². The lowest BCUT2D eigenvalue weighted by Crippen LogP contribution is -2.56. The second-order valence-electron chi connectivity index (χ2n) is 5.02. The summed E-state index contributed by atoms with van der Waals surface area (Å²) in [5.41, 5.74) is -0.191. The van der Waals surface area contributed by atoms with Crippen molar-refractivity contribution in [1.29, 1.82) is 0 Å². The Morgan fingerprint density at radius 3 is 2.88 bits per heavy atom. The van der Waals surface area contributed by atoms with E-state index in [0.717, 1.165) is 45.2 Å². The van der Waals surface area contributed by atoms with E-state index in [-0.39, 0.29) is 24.1 Å². The second kappa shape index (κ2) is 4.72. The Balaban J connectivity index is 1.97. The molecule has 2 rings (SSSR count). The first-order valence-corrected chi connectivity index (χ1v) is 6.39. The molecule has 1 heterocycles. The number of nitrogens with zero attached hydrogens (tertiary/aromatic N) is 1. The van der Waals surface area contributed by atoms with Crippen molar-refractivity contribution < 1.29 is 9.90 Å². The highest BCUT2D eigenvalue weighted by molar-refractivity contribution is 5.83. The van der Waals surface area contributed by atoms with Crippen LogP contribution in [-0.2, 0) is 4.79 Å². The van der Waals surface area contributed by atoms with Gasteiger partial charge in [-0.25, -0.2) is 0 Å². The highest BCUT2D eigenvalue weighted by atomic mass is 16.3. The third kappa shape index (κ3) is 2.09. The molecule has 92 valence electrons. The molecule has 0 aromatic rings. The number of hydrogen-bond donors (Lipinski definition) is 2. The highest BCUT2D eigenvalue weighted by Crippen LogP contribution is 2.42. The summed E-state index contributed by atoms with van der Waals surface area (Å²) in [6.07, 6.45) is 4.98. The van der Waals surface area contributed by atoms with Gasteiger partial charge in [-0.15, -0.1) is 0 Å². The smallest absolute Gasteiger partial charge is 0.240 e. The van der Waals surface area contributed by atoms with Crippen LogP contribution in [0.4, 0.5) is 0 Å². The summed E-state index contributed by atoms with van der Waals surface area (Å²) < 4.78 is 0. The molecule has 0 spiro atoms. The zero-order valence-electron chi connectivity index (χ0n) is 10.0. The number of likely N-dealkylation sites (tertiary alicyclic amines) is 1. The van der Waals surface area contributed by atoms with Gasteiger partial charge in [0.2, 0.25) is 5.91 Å². The molecule has 4 nitrogen and oxygen atoms in total. The van der Waals surface area contributed by atoms with Crippen molar-refractivity contribution in [1.82, 2.24) is 10.2 Å². The average molecular weight is 226 g/mol. The molecule has 1 atom stereocenters. The molecule has 0 bridgehead atoms. The summed E-state index contributed by atoms with van der Waals surface area (Å²) >= 11 is 0. The third-order valence-corrected chi connectivity index (χ3v) is 3.77. The van der Waals surface area contributed by atoms with Crippen molar-refractivity contribution in [2.24, 2.45) is 0 Å². The largest absolute Gasteiger partial charge is 0.394 e. The SMILES string of the molecule is CCCNC1CCCN(C2(CO)CC2)C1=O. The number of amides is 1. The predicted molar refractivity (Wildman–Crippen MR) is 62.1 cm³/mol. The molecule has 1 amide bonds. The van der Waals surface area contributed by atoms with Gasteiger partial charge in [0.25, 0.3) is 0 Å². The first-order chi connectivity index (χ1) is 7.73. The van der Waals surface area contributed by atoms with E-state index in [2.05, 4.69) is 12.2 Å². The number of piperidine rings is 1. The molecule has 1 aliphatic carbocycles. The quantitative estimate of drug-likeness (QED) is 0.718. The van der Waals surface area contributed by atoms with E-state index in [4.69, 9.17) is 0 Å². The van der Waals surface area contributed by atoms with Crippen LogP contribution in [0.3, 0.4) is 0 Å². The first-order valence-electron chi connectivity index (χ1n) is 6.39. The first kappa shape index (κ1) is 11.9. The van der Waals surface area contributed by atoms with E-state index in [1.54, 1.807) is 0 Å². The fourth-order valence-corrected chi connectivity index (χ4v) is 2.51. The van der Waals surface area contributed by atoms with Crippen molar-refractivity contribution in [3.05, 3.63) is 0 Å². The normalized spacial score (nSPS) is 28.2. The molecule has 0 radical (unpaired) electrons. The summed E-state index contributed by atoms with van der Waals surface area (Å²) in [5.74, 6) is 0.200. The van der Waals surface area contributed by atoms with Crippen LogP contribution < -0.4 is 5.32 Å². The molecule has 1 aliphatic heterocycles. The standard InChI is InChI=1S/C12H22N2O2/c1-2-7-13-10-4-3-8-14(11(10)16)12(9-15)5-6-12/h10,13,15H,2-9H2,1H3. The third-order valence-electron chi connectivity index (χ3n) is 3.77. The minimum absolute atomic E-state index is 0.0160. The van der Waals surface area contributed by atoms with Gasteiger partial charge < -0.3 is 15.3 Å². The van der Waals surface area contributed by atoms with Gasteiger partial charge in [0.05, 0.1) is 18.2 Å². The van der Waals surface area contributed by atoms with Crippen molar-refractivity contribution in [3.8, 4) is 0 Å². The summed E-state index contributed by atoms with van der Waals surface area (Å²) in [5, 5.41) is 12.7. The van der Waals surface area contributed by atoms with Crippen LogP contribution in [0.25, 0.3) is 0 Å². The number of aliphatic hydroxyl groups excluding tert-OH is 1. The second-order valence-corrected chi connectivity index (χ2v) is 5.02. The summed E-state index contributed by atoms with van der Waals surface area (Å²) in [7, 11) is 0. The van der Waals surface area contributed by atoms with Crippen LogP contribution in [0, 0.1) is 0 Å². The minimum Gasteiger partial charge on any atom is -0.394 e. The average Bonchev–Trinajstić information content (AvgIpc) is 3.09. The number of nitrogens with one attached hydrogen (secondary N) is 1. The summed E-state index contributed by atoms with van der Waals surface area (Å²) in [6, 6.07) is -0.0160. The van der Waals surface area contributed by atoms with Crippen LogP contribution in [-0.4, -0.2) is 47.2 Å². The Morgan fingerprint density at radius 2 is 2.31 bits per heavy atom. The van der Waals surface area contributed by atoms with Crippen LogP contribution in [0.2, 0.25) is 0 Å². The molecular formula is C12H22N2O2. The molecule has 0 aromatic carbocycles. The fourth-order valence-electron chi connectivity index (χ4n) is 2.51. The van der Waals surface area contributed by atoms with Crippen molar-refractivity contribution in [2.75, 3.05) is 19.7 Å². The molecule has 1 saturated carbocycles. The molecule has 2 aliphatic rings. The van der Waals surface area contributed by atoms with Gasteiger partial charge in [0.1, 0.15) is 0 Å². The van der Waals surface area contributed by atoms with Gasteiger partial charge in [-0.2, -0.15) is 0 Å². The van der Waals surface area contributed by atoms with E-state index >= 15 is 0 Å². The van der Waals surface area contributed by atoms with Gasteiger partial charge in [-0.1, -0.05) is 6.92 Å². The van der Waals surface area contributed by atoms with Gasteiger partial charge in [0, 0.05) is 6.54 Å². The number of aliphatic hydroxyl groups is 1. The monoisotopic (exact) mass is 226 g/mol. The number of carbonyl (C=O) groups excluding carboxylic acids is 1. The molecular weight excluding hydrogens is 204 g/mol. The van der Waals surface area contributed by atoms with Crippen LogP contribution >= 0.6 is 0 Å². The van der Waals surface area contributed by atoms with Crippen molar-refractivity contribution in [2.45, 2.75) is 50.6 Å². The fraction of sp³-hybridized carbons (Fsp3) is 0.917. The van der Waals surface area contributed by atoms with Crippen molar-refractivity contribution in [3.63, 3.8) is 0 Å². The van der Waals surface area contributed by atoms with Crippen molar-refractivity contribution >= 4 is 5.91 Å². The molecule has 2 fully saturated rings. The zero-order valence-corrected chi connectivity index (χ0v) is 10.0. The Labute approximate surface area is 97.0 Å². The molecule has 16 heavy (non-hydrogen) atoms. The van der Waals surface area contributed by atoms with Crippen LogP contribution in [0.5, 0.6) is 0 Å². The number of hydrogen-bond acceptors (Lipinski definition) is 3. The maximum absolute atomic E-state index is 12.2. The Morgan fingerprint density at radius 1 is 1.56 bits per heavy atom. The predicted octanol–water partition coefficient (Wildman–Crippen LogP) is 0.502. The topological polar surface area (TPSA) is 52.6 Å². The lowest BCUT2D eigenvalue weighted by atomic mass is 10.0. The Hall–Kier alpha value is -0.610. The zero-order chi connectivity index (χ0) is 11.6. The minimum atomic E-state index is -0.191. The Kier molecular flexibility index (Phi) is 3.50. The van der Waals surface area contributed by atoms with E-state index < -0.39 is 0 Å². The molecule has 4 heteroatoms. The van der Waals surface area contributed by atoms with Crippen LogP contribution in [0.1, 0.15) is 39.0 Å². The lowest BCUT2D eigenvalue weighted by Gasteiger charge is -2.38. The number of rotatable bonds is 5. The number of carbonyl (C=O) groups is 1. The summed E-state index contributed by atoms with van der Waals surface area (Å²) in [4.78, 5) is 14.1. The van der Waals surface area contributed by atoms with E-state index in [0.29, 0.717) is 0 Å². The van der Waals surface area contributed by atoms with Gasteiger partial charge in [0.15, 0.2) is 0 Å². The van der Waals surface area contributed by atoms with Crippen LogP contribution in [0.15, 0.2) is 0 Å². The lowest BCUT2D eigenvalue weighted by molar-refractivity contribution is -0.140. The van der Waals surface area contributed by atoms with Gasteiger partial charge in [-0.05, 0) is 38.6 Å². The van der Waals surface area contributed by atoms with E-state index in [9.17, 15) is 9.90 Å².